The van der Waals surface area contributed by atoms with Gasteiger partial charge in [0.25, 0.3) is 0 Å². The molecule has 0 aliphatic carbocycles. The molecule has 1 N–H and O–H groups in total. The number of rotatable bonds is 4. The van der Waals surface area contributed by atoms with Crippen LogP contribution in [0.3, 0.4) is 0 Å². The van der Waals surface area contributed by atoms with Crippen LogP contribution in [0.15, 0.2) is 54.6 Å². The third-order valence-corrected chi connectivity index (χ3v) is 5.18. The Balaban J connectivity index is 2.05. The SMILES string of the molecule is C[C@H]([Se]c1ccccc1)[C@@H](O)c1ccc(F)cc1. The fourth-order valence-electron chi connectivity index (χ4n) is 1.71. The summed E-state index contributed by atoms with van der Waals surface area (Å²) in [6, 6.07) is 16.2. The van der Waals surface area contributed by atoms with E-state index in [0.717, 1.165) is 5.56 Å². The van der Waals surface area contributed by atoms with Gasteiger partial charge in [0, 0.05) is 0 Å². The van der Waals surface area contributed by atoms with E-state index in [4.69, 9.17) is 0 Å². The van der Waals surface area contributed by atoms with E-state index in [2.05, 4.69) is 12.1 Å². The first kappa shape index (κ1) is 13.3. The van der Waals surface area contributed by atoms with Gasteiger partial charge in [-0.2, -0.15) is 0 Å². The van der Waals surface area contributed by atoms with Crippen molar-refractivity contribution in [1.82, 2.24) is 0 Å². The maximum atomic E-state index is 12.8. The molecule has 0 saturated heterocycles. The Morgan fingerprint density at radius 3 is 2.22 bits per heavy atom. The Labute approximate surface area is 113 Å². The molecule has 2 atom stereocenters. The number of aliphatic hydroxyl groups is 1. The normalized spacial score (nSPS) is 14.2. The molecule has 2 aromatic carbocycles. The van der Waals surface area contributed by atoms with Gasteiger partial charge < -0.3 is 0 Å². The average Bonchev–Trinajstić information content (AvgIpc) is 2.40. The monoisotopic (exact) mass is 310 g/mol. The van der Waals surface area contributed by atoms with E-state index >= 15 is 0 Å². The van der Waals surface area contributed by atoms with Crippen molar-refractivity contribution in [2.45, 2.75) is 17.8 Å². The molecular formula is C15H15FOSe. The van der Waals surface area contributed by atoms with E-state index < -0.39 is 6.10 Å². The van der Waals surface area contributed by atoms with Crippen LogP contribution in [-0.4, -0.2) is 20.1 Å². The van der Waals surface area contributed by atoms with Crippen molar-refractivity contribution in [2.75, 3.05) is 0 Å². The van der Waals surface area contributed by atoms with E-state index in [-0.39, 0.29) is 25.6 Å². The second kappa shape index (κ2) is 6.14. The second-order valence-corrected chi connectivity index (χ2v) is 7.18. The Morgan fingerprint density at radius 1 is 1.00 bits per heavy atom. The molecule has 0 bridgehead atoms. The van der Waals surface area contributed by atoms with Gasteiger partial charge in [-0.25, -0.2) is 0 Å². The molecule has 0 saturated carbocycles. The van der Waals surface area contributed by atoms with Gasteiger partial charge in [0.05, 0.1) is 0 Å². The molecule has 2 rings (SSSR count). The molecule has 0 heterocycles. The molecule has 0 aromatic heterocycles. The van der Waals surface area contributed by atoms with Gasteiger partial charge in [-0.3, -0.25) is 0 Å². The Bertz CT molecular complexity index is 484. The summed E-state index contributed by atoms with van der Waals surface area (Å²) in [7, 11) is 0. The zero-order chi connectivity index (χ0) is 13.0. The topological polar surface area (TPSA) is 20.2 Å². The third-order valence-electron chi connectivity index (χ3n) is 2.72. The van der Waals surface area contributed by atoms with E-state index in [1.807, 2.05) is 25.1 Å². The van der Waals surface area contributed by atoms with Crippen LogP contribution in [0.1, 0.15) is 18.6 Å². The Morgan fingerprint density at radius 2 is 1.61 bits per heavy atom. The summed E-state index contributed by atoms with van der Waals surface area (Å²) in [4.78, 5) is 0.158. The zero-order valence-corrected chi connectivity index (χ0v) is 11.8. The van der Waals surface area contributed by atoms with Crippen molar-refractivity contribution >= 4 is 19.4 Å². The number of hydrogen-bond acceptors (Lipinski definition) is 1. The quantitative estimate of drug-likeness (QED) is 0.861. The second-order valence-electron chi connectivity index (χ2n) is 4.13. The van der Waals surface area contributed by atoms with Gasteiger partial charge in [0.2, 0.25) is 0 Å². The van der Waals surface area contributed by atoms with E-state index in [9.17, 15) is 9.50 Å². The molecular weight excluding hydrogens is 294 g/mol. The van der Waals surface area contributed by atoms with Crippen molar-refractivity contribution < 1.29 is 9.50 Å². The molecule has 94 valence electrons. The van der Waals surface area contributed by atoms with Crippen molar-refractivity contribution in [3.8, 4) is 0 Å². The van der Waals surface area contributed by atoms with Crippen LogP contribution in [0.2, 0.25) is 4.82 Å². The summed E-state index contributed by atoms with van der Waals surface area (Å²) < 4.78 is 14.1. The summed E-state index contributed by atoms with van der Waals surface area (Å²) in [5.41, 5.74) is 0.779. The molecule has 0 spiro atoms. The zero-order valence-electron chi connectivity index (χ0n) is 10.1. The third kappa shape index (κ3) is 3.42. The predicted octanol–water partition coefficient (Wildman–Crippen LogP) is 2.70. The van der Waals surface area contributed by atoms with Crippen LogP contribution in [0, 0.1) is 5.82 Å². The van der Waals surface area contributed by atoms with Gasteiger partial charge in [0.15, 0.2) is 0 Å². The average molecular weight is 309 g/mol. The first-order valence-electron chi connectivity index (χ1n) is 5.82. The molecule has 0 unspecified atom stereocenters. The number of hydrogen-bond donors (Lipinski definition) is 1. The van der Waals surface area contributed by atoms with Gasteiger partial charge in [-0.05, 0) is 0 Å². The van der Waals surface area contributed by atoms with Crippen LogP contribution in [0.4, 0.5) is 4.39 Å². The molecule has 18 heavy (non-hydrogen) atoms. The van der Waals surface area contributed by atoms with Crippen LogP contribution < -0.4 is 4.46 Å². The van der Waals surface area contributed by atoms with E-state index in [1.54, 1.807) is 12.1 Å². The Hall–Kier alpha value is -1.15. The molecule has 3 heteroatoms. The molecule has 0 aliphatic rings. The van der Waals surface area contributed by atoms with Crippen LogP contribution in [0.5, 0.6) is 0 Å². The van der Waals surface area contributed by atoms with Crippen LogP contribution in [0.25, 0.3) is 0 Å². The maximum absolute atomic E-state index is 12.8. The first-order valence-corrected chi connectivity index (χ1v) is 7.66. The molecule has 0 amide bonds. The minimum absolute atomic E-state index is 0.158. The molecule has 0 fully saturated rings. The van der Waals surface area contributed by atoms with Crippen molar-refractivity contribution in [2.24, 2.45) is 0 Å². The molecule has 0 aliphatic heterocycles. The number of aliphatic hydroxyl groups excluding tert-OH is 1. The fraction of sp³-hybridized carbons (Fsp3) is 0.200. The molecule has 2 aromatic rings. The van der Waals surface area contributed by atoms with Gasteiger partial charge in [0.1, 0.15) is 0 Å². The van der Waals surface area contributed by atoms with E-state index in [0.29, 0.717) is 0 Å². The standard InChI is InChI=1S/C15H15FOSe/c1-11(18-14-5-3-2-4-6-14)15(17)12-7-9-13(16)10-8-12/h2-11,15,17H,1H3/t11-,15+/m0/s1. The minimum atomic E-state index is -0.536. The first-order chi connectivity index (χ1) is 8.66. The summed E-state index contributed by atoms with van der Waals surface area (Å²) in [6.07, 6.45) is -0.536. The van der Waals surface area contributed by atoms with Gasteiger partial charge in [-0.1, -0.05) is 0 Å². The number of halogens is 1. The Kier molecular flexibility index (Phi) is 4.53. The molecule has 1 nitrogen and oxygen atoms in total. The van der Waals surface area contributed by atoms with Crippen LogP contribution >= 0.6 is 0 Å². The summed E-state index contributed by atoms with van der Waals surface area (Å²) in [5, 5.41) is 10.2. The van der Waals surface area contributed by atoms with Crippen molar-refractivity contribution in [3.05, 3.63) is 66.0 Å². The fourth-order valence-corrected chi connectivity index (χ4v) is 3.87. The van der Waals surface area contributed by atoms with Crippen molar-refractivity contribution in [3.63, 3.8) is 0 Å². The predicted molar refractivity (Wildman–Crippen MR) is 72.6 cm³/mol. The summed E-state index contributed by atoms with van der Waals surface area (Å²) in [6.45, 7) is 2.03. The van der Waals surface area contributed by atoms with Gasteiger partial charge >= 0.3 is 113 Å². The van der Waals surface area contributed by atoms with Crippen LogP contribution in [-0.2, 0) is 0 Å². The number of benzene rings is 2. The van der Waals surface area contributed by atoms with Gasteiger partial charge in [-0.15, -0.1) is 0 Å². The summed E-state index contributed by atoms with van der Waals surface area (Å²) >= 11 is 0.203. The van der Waals surface area contributed by atoms with Crippen molar-refractivity contribution in [1.29, 1.82) is 0 Å². The molecule has 0 radical (unpaired) electrons. The van der Waals surface area contributed by atoms with E-state index in [1.165, 1.54) is 16.6 Å². The summed E-state index contributed by atoms with van der Waals surface area (Å²) in [5.74, 6) is -0.271.